The van der Waals surface area contributed by atoms with Crippen molar-refractivity contribution < 1.29 is 9.59 Å². The third-order valence-electron chi connectivity index (χ3n) is 6.12. The van der Waals surface area contributed by atoms with Gasteiger partial charge in [-0.05, 0) is 58.7 Å². The van der Waals surface area contributed by atoms with Crippen LogP contribution in [0.4, 0.5) is 17.1 Å². The Hall–Kier alpha value is -4.18. The summed E-state index contributed by atoms with van der Waals surface area (Å²) >= 11 is 0. The minimum Gasteiger partial charge on any atom is -0.388 e. The molecule has 4 aromatic rings. The number of ketones is 2. The minimum absolute atomic E-state index is 0.0327. The first-order valence-corrected chi connectivity index (χ1v) is 10.2. The Labute approximate surface area is 179 Å². The van der Waals surface area contributed by atoms with Crippen molar-refractivity contribution in [2.24, 2.45) is 0 Å². The van der Waals surface area contributed by atoms with E-state index in [2.05, 4.69) is 10.6 Å². The van der Waals surface area contributed by atoms with Gasteiger partial charge in [-0.3, -0.25) is 9.59 Å². The van der Waals surface area contributed by atoms with Crippen LogP contribution in [-0.2, 0) is 0 Å². The third-order valence-corrected chi connectivity index (χ3v) is 6.12. The van der Waals surface area contributed by atoms with Crippen LogP contribution in [0.5, 0.6) is 0 Å². The van der Waals surface area contributed by atoms with Gasteiger partial charge < -0.3 is 10.6 Å². The van der Waals surface area contributed by atoms with Crippen LogP contribution in [0, 0.1) is 0 Å². The predicted octanol–water partition coefficient (Wildman–Crippen LogP) is 5.89. The van der Waals surface area contributed by atoms with Crippen LogP contribution in [-0.4, -0.2) is 18.6 Å². The van der Waals surface area contributed by atoms with E-state index in [0.717, 1.165) is 50.4 Å². The van der Waals surface area contributed by atoms with E-state index >= 15 is 0 Å². The summed E-state index contributed by atoms with van der Waals surface area (Å²) in [5, 5.41) is 6.45. The molecular weight excluding hydrogens is 384 g/mol. The number of anilines is 3. The van der Waals surface area contributed by atoms with Crippen LogP contribution in [0.2, 0.25) is 0 Å². The predicted molar refractivity (Wildman–Crippen MR) is 123 cm³/mol. The molecule has 2 N–H and O–H groups in total. The molecule has 2 aliphatic carbocycles. The molecule has 0 unspecified atom stereocenters. The van der Waals surface area contributed by atoms with Crippen LogP contribution >= 0.6 is 0 Å². The SMILES string of the molecule is CNc1ccc2c(c1)C(=O)c1cc(Nc3ccc4c(c3)C(=O)c3ccccc3-4)ccc1-2. The number of rotatable bonds is 3. The third kappa shape index (κ3) is 2.55. The Morgan fingerprint density at radius 2 is 0.903 bits per heavy atom. The molecule has 0 aliphatic heterocycles. The van der Waals surface area contributed by atoms with Crippen LogP contribution in [0.25, 0.3) is 22.3 Å². The van der Waals surface area contributed by atoms with E-state index in [1.54, 1.807) is 0 Å². The highest BCUT2D eigenvalue weighted by molar-refractivity contribution is 6.23. The van der Waals surface area contributed by atoms with Crippen molar-refractivity contribution in [3.8, 4) is 22.3 Å². The van der Waals surface area contributed by atoms with E-state index in [1.165, 1.54) is 0 Å². The van der Waals surface area contributed by atoms with Gasteiger partial charge in [0.1, 0.15) is 0 Å². The first-order chi connectivity index (χ1) is 15.1. The number of hydrogen-bond donors (Lipinski definition) is 2. The average molecular weight is 402 g/mol. The van der Waals surface area contributed by atoms with Crippen molar-refractivity contribution in [3.63, 3.8) is 0 Å². The molecule has 0 fully saturated rings. The highest BCUT2D eigenvalue weighted by Crippen LogP contribution is 2.41. The fourth-order valence-corrected chi connectivity index (χ4v) is 4.58. The van der Waals surface area contributed by atoms with E-state index in [1.807, 2.05) is 85.9 Å². The molecule has 0 spiro atoms. The normalized spacial score (nSPS) is 12.8. The monoisotopic (exact) mass is 402 g/mol. The smallest absolute Gasteiger partial charge is 0.194 e. The molecule has 0 radical (unpaired) electrons. The molecule has 0 aromatic heterocycles. The minimum atomic E-state index is 0.0327. The van der Waals surface area contributed by atoms with Gasteiger partial charge in [-0.15, -0.1) is 0 Å². The lowest BCUT2D eigenvalue weighted by Gasteiger charge is -2.10. The average Bonchev–Trinajstić information content (AvgIpc) is 3.25. The summed E-state index contributed by atoms with van der Waals surface area (Å²) in [6.45, 7) is 0. The summed E-state index contributed by atoms with van der Waals surface area (Å²) < 4.78 is 0. The lowest BCUT2D eigenvalue weighted by Crippen LogP contribution is -1.99. The molecule has 0 saturated carbocycles. The quantitative estimate of drug-likeness (QED) is 0.387. The van der Waals surface area contributed by atoms with Gasteiger partial charge in [-0.2, -0.15) is 0 Å². The Balaban J connectivity index is 1.34. The van der Waals surface area contributed by atoms with Crippen molar-refractivity contribution in [1.29, 1.82) is 0 Å². The van der Waals surface area contributed by atoms with Gasteiger partial charge in [0.05, 0.1) is 0 Å². The molecule has 0 heterocycles. The molecular formula is C27H18N2O2. The molecule has 4 aromatic carbocycles. The molecule has 4 heteroatoms. The van der Waals surface area contributed by atoms with Crippen molar-refractivity contribution >= 4 is 28.6 Å². The van der Waals surface area contributed by atoms with Gasteiger partial charge in [0.15, 0.2) is 11.6 Å². The highest BCUT2D eigenvalue weighted by atomic mass is 16.1. The number of benzene rings is 4. The van der Waals surface area contributed by atoms with Crippen LogP contribution in [0.1, 0.15) is 31.8 Å². The van der Waals surface area contributed by atoms with E-state index < -0.39 is 0 Å². The molecule has 0 saturated heterocycles. The number of fused-ring (bicyclic) bond motifs is 6. The number of carbonyl (C=O) groups excluding carboxylic acids is 2. The van der Waals surface area contributed by atoms with Crippen molar-refractivity contribution in [2.45, 2.75) is 0 Å². The van der Waals surface area contributed by atoms with Gasteiger partial charge in [-0.1, -0.05) is 42.5 Å². The van der Waals surface area contributed by atoms with Gasteiger partial charge in [0.2, 0.25) is 0 Å². The maximum absolute atomic E-state index is 13.0. The fourth-order valence-electron chi connectivity index (χ4n) is 4.58. The Morgan fingerprint density at radius 3 is 1.45 bits per heavy atom. The second kappa shape index (κ2) is 6.41. The largest absolute Gasteiger partial charge is 0.388 e. The first-order valence-electron chi connectivity index (χ1n) is 10.2. The second-order valence-corrected chi connectivity index (χ2v) is 7.86. The zero-order valence-corrected chi connectivity index (χ0v) is 16.8. The summed E-state index contributed by atoms with van der Waals surface area (Å²) in [5.41, 5.74) is 9.28. The lowest BCUT2D eigenvalue weighted by atomic mass is 10.0. The molecule has 0 atom stereocenters. The van der Waals surface area contributed by atoms with E-state index in [-0.39, 0.29) is 11.6 Å². The molecule has 148 valence electrons. The van der Waals surface area contributed by atoms with E-state index in [9.17, 15) is 9.59 Å². The summed E-state index contributed by atoms with van der Waals surface area (Å²) in [7, 11) is 1.84. The second-order valence-electron chi connectivity index (χ2n) is 7.86. The first kappa shape index (κ1) is 17.7. The topological polar surface area (TPSA) is 58.2 Å². The zero-order chi connectivity index (χ0) is 21.1. The maximum Gasteiger partial charge on any atom is 0.194 e. The van der Waals surface area contributed by atoms with E-state index in [4.69, 9.17) is 0 Å². The van der Waals surface area contributed by atoms with Crippen LogP contribution in [0.15, 0.2) is 78.9 Å². The van der Waals surface area contributed by atoms with Crippen LogP contribution < -0.4 is 10.6 Å². The molecule has 2 aliphatic rings. The van der Waals surface area contributed by atoms with Gasteiger partial charge >= 0.3 is 0 Å². The maximum atomic E-state index is 13.0. The van der Waals surface area contributed by atoms with Crippen molar-refractivity contribution in [1.82, 2.24) is 0 Å². The number of carbonyl (C=O) groups is 2. The summed E-state index contributed by atoms with van der Waals surface area (Å²) in [6.07, 6.45) is 0. The van der Waals surface area contributed by atoms with Gasteiger partial charge in [0, 0.05) is 46.4 Å². The standard InChI is InChI=1S/C27H18N2O2/c1-28-15-6-9-20-21-11-8-17(14-25(21)27(31)23(20)12-15)29-16-7-10-19-18-4-2-3-5-22(18)26(30)24(19)13-16/h2-14,28-29H,1H3. The number of hydrogen-bond acceptors (Lipinski definition) is 4. The Kier molecular flexibility index (Phi) is 3.65. The molecule has 31 heavy (non-hydrogen) atoms. The molecule has 0 amide bonds. The fraction of sp³-hybridized carbons (Fsp3) is 0.0370. The Bertz CT molecular complexity index is 1440. The van der Waals surface area contributed by atoms with Gasteiger partial charge in [0.25, 0.3) is 0 Å². The molecule has 0 bridgehead atoms. The van der Waals surface area contributed by atoms with Crippen molar-refractivity contribution in [3.05, 3.63) is 101 Å². The summed E-state index contributed by atoms with van der Waals surface area (Å²) in [4.78, 5) is 25.8. The highest BCUT2D eigenvalue weighted by Gasteiger charge is 2.28. The van der Waals surface area contributed by atoms with Gasteiger partial charge in [-0.25, -0.2) is 0 Å². The lowest BCUT2D eigenvalue weighted by molar-refractivity contribution is 0.103. The zero-order valence-electron chi connectivity index (χ0n) is 16.8. The van der Waals surface area contributed by atoms with Crippen molar-refractivity contribution in [2.75, 3.05) is 17.7 Å². The molecule has 4 nitrogen and oxygen atoms in total. The van der Waals surface area contributed by atoms with Crippen LogP contribution in [0.3, 0.4) is 0 Å². The Morgan fingerprint density at radius 1 is 0.484 bits per heavy atom. The van der Waals surface area contributed by atoms with E-state index in [0.29, 0.717) is 11.1 Å². The summed E-state index contributed by atoms with van der Waals surface area (Å²) in [5.74, 6) is 0.0829. The number of nitrogens with one attached hydrogen (secondary N) is 2. The summed E-state index contributed by atoms with van der Waals surface area (Å²) in [6, 6.07) is 25.2. The molecule has 6 rings (SSSR count).